The van der Waals surface area contributed by atoms with Crippen molar-refractivity contribution in [1.82, 2.24) is 4.98 Å². The van der Waals surface area contributed by atoms with Gasteiger partial charge in [0.25, 0.3) is 0 Å². The van der Waals surface area contributed by atoms with Crippen LogP contribution in [0.15, 0.2) is 36.4 Å². The third kappa shape index (κ3) is 7.80. The number of aliphatic hydroxyl groups excluding tert-OH is 2. The van der Waals surface area contributed by atoms with Crippen LogP contribution < -0.4 is 0 Å². The molecule has 0 bridgehead atoms. The molecule has 3 nitrogen and oxygen atoms in total. The first-order valence-electron chi connectivity index (χ1n) is 10.6. The first-order valence-corrected chi connectivity index (χ1v) is 10.6. The van der Waals surface area contributed by atoms with Crippen molar-refractivity contribution < 1.29 is 30.3 Å². The molecule has 2 aromatic carbocycles. The van der Waals surface area contributed by atoms with Gasteiger partial charge in [0.2, 0.25) is 0 Å². The van der Waals surface area contributed by atoms with Crippen molar-refractivity contribution in [3.8, 4) is 11.3 Å². The molecule has 0 aliphatic heterocycles. The summed E-state index contributed by atoms with van der Waals surface area (Å²) in [6, 6.07) is 16.1. The van der Waals surface area contributed by atoms with E-state index >= 15 is 0 Å². The summed E-state index contributed by atoms with van der Waals surface area (Å²) in [6.07, 6.45) is -0.356. The Morgan fingerprint density at radius 1 is 0.935 bits per heavy atom. The number of pyridine rings is 1. The molecule has 0 saturated heterocycles. The first kappa shape index (κ1) is 27.5. The molecule has 2 atom stereocenters. The Hall–Kier alpha value is -1.58. The minimum atomic E-state index is -0.410. The van der Waals surface area contributed by atoms with Gasteiger partial charge in [-0.05, 0) is 62.4 Å². The minimum absolute atomic E-state index is 0. The summed E-state index contributed by atoms with van der Waals surface area (Å²) >= 11 is 0. The standard InChI is InChI=1S/C19H18N.C8H18O2.Ir/c1-12-6-5-7-16(9-12)19-15(4)11-17-14(3)8-13(2)10-18(17)20-19;1-6(9)5-7(10)8(2,3)4;/h5-6,8-11H,1-4H3;6-7,9-10H,5H2,1-4H3;/q-1;;. The van der Waals surface area contributed by atoms with Gasteiger partial charge in [-0.1, -0.05) is 45.4 Å². The Kier molecular flexibility index (Phi) is 10.0. The van der Waals surface area contributed by atoms with Crippen LogP contribution in [0.4, 0.5) is 0 Å². The molecule has 0 spiro atoms. The summed E-state index contributed by atoms with van der Waals surface area (Å²) in [4.78, 5) is 4.88. The van der Waals surface area contributed by atoms with Gasteiger partial charge in [-0.2, -0.15) is 0 Å². The average Bonchev–Trinajstić information content (AvgIpc) is 2.61. The SMILES string of the molecule is CC(O)CC(O)C(C)(C)C.Cc1cc[c-]c(-c2nc3cc(C)cc(C)c3cc2C)c1.[Ir]. The van der Waals surface area contributed by atoms with E-state index in [-0.39, 0.29) is 25.5 Å². The van der Waals surface area contributed by atoms with E-state index in [0.29, 0.717) is 6.42 Å². The Morgan fingerprint density at radius 2 is 1.58 bits per heavy atom. The van der Waals surface area contributed by atoms with Crippen LogP contribution in [-0.4, -0.2) is 27.4 Å². The number of fused-ring (bicyclic) bond motifs is 1. The molecule has 4 heteroatoms. The Bertz CT molecular complexity index is 1010. The fourth-order valence-electron chi connectivity index (χ4n) is 3.40. The zero-order valence-electron chi connectivity index (χ0n) is 20.0. The van der Waals surface area contributed by atoms with Crippen LogP contribution in [0.2, 0.25) is 0 Å². The molecule has 0 amide bonds. The number of aromatic nitrogens is 1. The van der Waals surface area contributed by atoms with E-state index in [1.165, 1.54) is 27.6 Å². The fraction of sp³-hybridized carbons (Fsp3) is 0.444. The van der Waals surface area contributed by atoms with Gasteiger partial charge in [-0.3, -0.25) is 4.98 Å². The molecule has 0 aliphatic carbocycles. The number of benzene rings is 2. The number of hydrogen-bond acceptors (Lipinski definition) is 3. The van der Waals surface area contributed by atoms with Gasteiger partial charge >= 0.3 is 0 Å². The Balaban J connectivity index is 0.000000376. The van der Waals surface area contributed by atoms with Gasteiger partial charge in [0, 0.05) is 25.5 Å². The van der Waals surface area contributed by atoms with Gasteiger partial charge in [0.1, 0.15) is 0 Å². The number of aliphatic hydroxyl groups is 2. The van der Waals surface area contributed by atoms with Crippen LogP contribution in [0, 0.1) is 39.2 Å². The van der Waals surface area contributed by atoms with Gasteiger partial charge in [-0.15, -0.1) is 35.4 Å². The maximum absolute atomic E-state index is 9.40. The largest absolute Gasteiger partial charge is 0.393 e. The number of aryl methyl sites for hydroxylation is 4. The monoisotopic (exact) mass is 599 g/mol. The van der Waals surface area contributed by atoms with Crippen LogP contribution in [0.5, 0.6) is 0 Å². The molecular weight excluding hydrogens is 563 g/mol. The van der Waals surface area contributed by atoms with Gasteiger partial charge in [0.05, 0.1) is 17.7 Å². The summed E-state index contributed by atoms with van der Waals surface area (Å²) in [5.74, 6) is 0. The third-order valence-corrected chi connectivity index (χ3v) is 5.25. The van der Waals surface area contributed by atoms with Crippen molar-refractivity contribution in [3.05, 3.63) is 64.7 Å². The van der Waals surface area contributed by atoms with Gasteiger partial charge < -0.3 is 10.2 Å². The van der Waals surface area contributed by atoms with Crippen molar-refractivity contribution in [3.63, 3.8) is 0 Å². The molecule has 1 aromatic heterocycles. The predicted octanol–water partition coefficient (Wildman–Crippen LogP) is 6.10. The van der Waals surface area contributed by atoms with Crippen LogP contribution >= 0.6 is 0 Å². The fourth-order valence-corrected chi connectivity index (χ4v) is 3.40. The molecule has 0 aliphatic rings. The molecule has 2 N–H and O–H groups in total. The normalized spacial score (nSPS) is 13.1. The third-order valence-electron chi connectivity index (χ3n) is 5.25. The zero-order chi connectivity index (χ0) is 22.6. The molecule has 31 heavy (non-hydrogen) atoms. The van der Waals surface area contributed by atoms with E-state index in [1.807, 2.05) is 26.8 Å². The van der Waals surface area contributed by atoms with Gasteiger partial charge in [0.15, 0.2) is 0 Å². The number of nitrogens with zero attached hydrogens (tertiary/aromatic N) is 1. The molecule has 3 rings (SSSR count). The van der Waals surface area contributed by atoms with Crippen molar-refractivity contribution in [2.45, 2.75) is 74.0 Å². The van der Waals surface area contributed by atoms with E-state index in [1.54, 1.807) is 6.92 Å². The Labute approximate surface area is 201 Å². The summed E-state index contributed by atoms with van der Waals surface area (Å²) in [5, 5.41) is 19.6. The van der Waals surface area contributed by atoms with E-state index < -0.39 is 12.2 Å². The van der Waals surface area contributed by atoms with E-state index in [0.717, 1.165) is 16.8 Å². The molecule has 3 aromatic rings. The van der Waals surface area contributed by atoms with Crippen molar-refractivity contribution in [2.75, 3.05) is 0 Å². The van der Waals surface area contributed by atoms with Crippen molar-refractivity contribution >= 4 is 10.9 Å². The molecule has 2 unspecified atom stereocenters. The average molecular weight is 599 g/mol. The second-order valence-corrected chi connectivity index (χ2v) is 9.55. The van der Waals surface area contributed by atoms with Crippen LogP contribution in [0.1, 0.15) is 56.4 Å². The topological polar surface area (TPSA) is 53.4 Å². The Morgan fingerprint density at radius 3 is 2.10 bits per heavy atom. The van der Waals surface area contributed by atoms with E-state index in [9.17, 15) is 5.11 Å². The smallest absolute Gasteiger partial charge is 0.0613 e. The molecule has 171 valence electrons. The summed E-state index contributed by atoms with van der Waals surface area (Å²) < 4.78 is 0. The summed E-state index contributed by atoms with van der Waals surface area (Å²) in [5.41, 5.74) is 8.04. The maximum atomic E-state index is 9.40. The molecular formula is C27H36IrNO2-. The summed E-state index contributed by atoms with van der Waals surface area (Å²) in [6.45, 7) is 16.1. The predicted molar refractivity (Wildman–Crippen MR) is 127 cm³/mol. The van der Waals surface area contributed by atoms with Crippen molar-refractivity contribution in [2.24, 2.45) is 5.41 Å². The van der Waals surface area contributed by atoms with Crippen LogP contribution in [0.3, 0.4) is 0 Å². The van der Waals surface area contributed by atoms with Crippen LogP contribution in [0.25, 0.3) is 22.2 Å². The van der Waals surface area contributed by atoms with Crippen LogP contribution in [-0.2, 0) is 20.1 Å². The van der Waals surface area contributed by atoms with Gasteiger partial charge in [-0.25, -0.2) is 0 Å². The number of hydrogen-bond donors (Lipinski definition) is 2. The second-order valence-electron chi connectivity index (χ2n) is 9.55. The molecule has 1 heterocycles. The minimum Gasteiger partial charge on any atom is -0.393 e. The van der Waals surface area contributed by atoms with E-state index in [4.69, 9.17) is 10.1 Å². The number of rotatable bonds is 3. The first-order chi connectivity index (χ1) is 13.9. The zero-order valence-corrected chi connectivity index (χ0v) is 22.4. The second kappa shape index (κ2) is 11.3. The van der Waals surface area contributed by atoms with Crippen molar-refractivity contribution in [1.29, 1.82) is 0 Å². The maximum Gasteiger partial charge on any atom is 0.0613 e. The quantitative estimate of drug-likeness (QED) is 0.359. The molecule has 0 saturated carbocycles. The molecule has 0 fully saturated rings. The van der Waals surface area contributed by atoms with E-state index in [2.05, 4.69) is 64.1 Å². The molecule has 1 radical (unpaired) electrons. The summed E-state index contributed by atoms with van der Waals surface area (Å²) in [7, 11) is 0.